The van der Waals surface area contributed by atoms with Gasteiger partial charge in [-0.15, -0.1) is 0 Å². The Kier molecular flexibility index (Phi) is 27.0. The average molecular weight is 1330 g/mol. The monoisotopic (exact) mass is 1330 g/mol. The number of aliphatic hydroxyl groups is 1. The standard InChI is InChI=1S/C67H85Cl3N2O19/c1-7-51(86-45(5)73)43(3)58-50-33-55(74)87-52(50)34-66(91-58,63(76)79-6)85-40-54-42(2)57(75)56(71-64(77)84-41-67(68,69)70)61(88-54)90-59-44(4)53(39-80-36-47-25-15-9-16-26-47)89-62(60(59)82-37-48-27-17-10-18-28-48)81-32-22-12-21-31-72(35-46-23-13-8-14-24-46)65(78)83-38-49-29-19-11-20-30-49/h8-11,13-20,23-30,42-44,50-54,56-62,75H,7,12,21-22,31-41H2,1-6H3,(H,71,77)/t42-,43-,44+,50-,51-,52-,53?,54?,56+,57+,58?,59+,60+,61?,62?,66-/m1/s1. The predicted octanol–water partition coefficient (Wildman–Crippen LogP) is 10.3. The van der Waals surface area contributed by atoms with E-state index in [1.54, 1.807) is 18.7 Å². The molecule has 16 atom stereocenters. The quantitative estimate of drug-likeness (QED) is 0.0213. The molecule has 0 aromatic heterocycles. The van der Waals surface area contributed by atoms with Crippen molar-refractivity contribution in [2.45, 2.75) is 177 Å². The van der Waals surface area contributed by atoms with Crippen molar-refractivity contribution in [2.24, 2.45) is 23.7 Å². The number of nitrogens with one attached hydrogen (secondary N) is 1. The lowest BCUT2D eigenvalue weighted by Crippen LogP contribution is -2.66. The number of alkyl halides is 3. The third-order valence-corrected chi connectivity index (χ3v) is 17.3. The van der Waals surface area contributed by atoms with Gasteiger partial charge in [-0.3, -0.25) is 9.59 Å². The molecule has 0 spiro atoms. The Hall–Kier alpha value is -5.66. The second kappa shape index (κ2) is 34.5. The van der Waals surface area contributed by atoms with Crippen molar-refractivity contribution in [1.29, 1.82) is 0 Å². The van der Waals surface area contributed by atoms with Crippen molar-refractivity contribution in [3.8, 4) is 0 Å². The molecular weight excluding hydrogens is 1240 g/mol. The first-order valence-electron chi connectivity index (χ1n) is 31.0. The Balaban J connectivity index is 1.06. The number of amides is 2. The number of methoxy groups -OCH3 is 1. The van der Waals surface area contributed by atoms with Crippen LogP contribution in [0.2, 0.25) is 0 Å². The lowest BCUT2D eigenvalue weighted by atomic mass is 9.79. The normalized spacial score (nSPS) is 27.9. The van der Waals surface area contributed by atoms with Gasteiger partial charge < -0.3 is 76.9 Å². The molecule has 4 aliphatic heterocycles. The summed E-state index contributed by atoms with van der Waals surface area (Å²) in [5, 5.41) is 15.2. The molecule has 4 aromatic rings. The summed E-state index contributed by atoms with van der Waals surface area (Å²) in [7, 11) is 1.17. The summed E-state index contributed by atoms with van der Waals surface area (Å²) < 4.78 is 79.9. The molecule has 4 fully saturated rings. The Labute approximate surface area is 547 Å². The Morgan fingerprint density at radius 3 is 1.98 bits per heavy atom. The molecule has 4 aromatic carbocycles. The van der Waals surface area contributed by atoms with Crippen LogP contribution in [0.15, 0.2) is 121 Å². The number of unbranched alkanes of at least 4 members (excludes halogenated alkanes) is 2. The molecule has 91 heavy (non-hydrogen) atoms. The van der Waals surface area contributed by atoms with Gasteiger partial charge in [0.25, 0.3) is 5.79 Å². The molecule has 2 amide bonds. The van der Waals surface area contributed by atoms with E-state index in [-0.39, 0.29) is 45.9 Å². The zero-order chi connectivity index (χ0) is 65.1. The van der Waals surface area contributed by atoms with Crippen LogP contribution in [-0.4, -0.2) is 157 Å². The summed E-state index contributed by atoms with van der Waals surface area (Å²) in [5.74, 6) is -6.74. The van der Waals surface area contributed by atoms with E-state index in [1.165, 1.54) is 14.0 Å². The summed E-state index contributed by atoms with van der Waals surface area (Å²) in [5.41, 5.74) is 3.59. The highest BCUT2D eigenvalue weighted by atomic mass is 35.6. The van der Waals surface area contributed by atoms with Crippen molar-refractivity contribution >= 4 is 64.9 Å². The van der Waals surface area contributed by atoms with Crippen molar-refractivity contribution < 1.29 is 90.7 Å². The number of aliphatic hydroxyl groups excluding tert-OH is 1. The highest BCUT2D eigenvalue weighted by Gasteiger charge is 2.60. The molecule has 8 rings (SSSR count). The molecule has 0 radical (unpaired) electrons. The van der Waals surface area contributed by atoms with E-state index < -0.39 is 144 Å². The van der Waals surface area contributed by atoms with Crippen molar-refractivity contribution in [2.75, 3.05) is 40.1 Å². The van der Waals surface area contributed by atoms with Gasteiger partial charge in [0.05, 0.1) is 76.9 Å². The third kappa shape index (κ3) is 20.4. The number of carbonyl (C=O) groups excluding carboxylic acids is 5. The minimum Gasteiger partial charge on any atom is -0.465 e. The third-order valence-electron chi connectivity index (χ3n) is 16.9. The molecule has 4 heterocycles. The van der Waals surface area contributed by atoms with Gasteiger partial charge in [0, 0.05) is 50.3 Å². The van der Waals surface area contributed by atoms with Crippen LogP contribution >= 0.6 is 34.8 Å². The van der Waals surface area contributed by atoms with Crippen LogP contribution in [0, 0.1) is 23.7 Å². The number of ether oxygens (including phenoxy) is 13. The van der Waals surface area contributed by atoms with Crippen LogP contribution in [0.3, 0.4) is 0 Å². The molecule has 4 aliphatic rings. The first kappa shape index (κ1) is 71.2. The van der Waals surface area contributed by atoms with Gasteiger partial charge >= 0.3 is 30.1 Å². The number of hydrogen-bond donors (Lipinski definition) is 2. The van der Waals surface area contributed by atoms with Crippen LogP contribution in [0.25, 0.3) is 0 Å². The number of nitrogens with zero attached hydrogens (tertiary/aromatic N) is 1. The number of hydrogen-bond acceptors (Lipinski definition) is 19. The number of fused-ring (bicyclic) bond motifs is 1. The fraction of sp³-hybridized carbons (Fsp3) is 0.567. The van der Waals surface area contributed by atoms with Crippen LogP contribution < -0.4 is 5.32 Å². The van der Waals surface area contributed by atoms with E-state index in [0.717, 1.165) is 22.3 Å². The molecule has 5 unspecified atom stereocenters. The van der Waals surface area contributed by atoms with Crippen LogP contribution in [0.5, 0.6) is 0 Å². The molecule has 0 saturated carbocycles. The molecular formula is C67H85Cl3N2O19. The molecule has 0 bridgehead atoms. The van der Waals surface area contributed by atoms with Gasteiger partial charge in [-0.1, -0.05) is 184 Å². The zero-order valence-corrected chi connectivity index (χ0v) is 54.5. The Bertz CT molecular complexity index is 2900. The SMILES string of the molecule is CC[C@@H](OC(C)=O)[C@@H](C)C1O[C@@](OCC2OC(O[C@@H]3[C@H](OCc4ccccc4)C(OCCCCCN(Cc4ccccc4)C(=O)OCc4ccccc4)OC(COCc4ccccc4)[C@@H]3C)[C@@H](NC(=O)OCC(Cl)(Cl)Cl)[C@@H](O)[C@@H]2C)(C(=O)OC)C[C@H]2OC(=O)C[C@@H]12. The van der Waals surface area contributed by atoms with Gasteiger partial charge in [-0.2, -0.15) is 0 Å². The van der Waals surface area contributed by atoms with Crippen LogP contribution in [0.4, 0.5) is 9.59 Å². The fourth-order valence-electron chi connectivity index (χ4n) is 11.9. The van der Waals surface area contributed by atoms with Crippen molar-refractivity contribution in [3.63, 3.8) is 0 Å². The van der Waals surface area contributed by atoms with Gasteiger partial charge in [0.1, 0.15) is 37.6 Å². The molecule has 24 heteroatoms. The topological polar surface area (TPSA) is 241 Å². The Morgan fingerprint density at radius 1 is 0.758 bits per heavy atom. The first-order valence-corrected chi connectivity index (χ1v) is 32.2. The summed E-state index contributed by atoms with van der Waals surface area (Å²) in [6.07, 6.45) is -10.0. The molecule has 21 nitrogen and oxygen atoms in total. The lowest BCUT2D eigenvalue weighted by Gasteiger charge is -2.50. The first-order chi connectivity index (χ1) is 43.7. The van der Waals surface area contributed by atoms with Gasteiger partial charge in [-0.25, -0.2) is 14.4 Å². The van der Waals surface area contributed by atoms with E-state index in [0.29, 0.717) is 38.8 Å². The Morgan fingerprint density at radius 2 is 1.36 bits per heavy atom. The average Bonchev–Trinajstić information content (AvgIpc) is 1.76. The molecule has 0 aliphatic carbocycles. The van der Waals surface area contributed by atoms with Crippen molar-refractivity contribution in [3.05, 3.63) is 144 Å². The van der Waals surface area contributed by atoms with Gasteiger partial charge in [0.15, 0.2) is 12.6 Å². The maximum Gasteiger partial charge on any atom is 0.410 e. The minimum atomic E-state index is -2.20. The molecule has 2 N–H and O–H groups in total. The number of rotatable bonds is 30. The number of halogens is 3. The largest absolute Gasteiger partial charge is 0.465 e. The second-order valence-corrected chi connectivity index (χ2v) is 26.1. The summed E-state index contributed by atoms with van der Waals surface area (Å²) in [6.45, 7) is 8.86. The molecule has 4 saturated heterocycles. The maximum atomic E-state index is 14.2. The maximum absolute atomic E-state index is 14.2. The smallest absolute Gasteiger partial charge is 0.410 e. The zero-order valence-electron chi connectivity index (χ0n) is 52.2. The van der Waals surface area contributed by atoms with E-state index in [1.807, 2.05) is 135 Å². The number of esters is 3. The highest BCUT2D eigenvalue weighted by molar-refractivity contribution is 6.67. The van der Waals surface area contributed by atoms with E-state index in [2.05, 4.69) is 5.32 Å². The summed E-state index contributed by atoms with van der Waals surface area (Å²) in [6, 6.07) is 37.0. The number of carbonyl (C=O) groups is 5. The van der Waals surface area contributed by atoms with Gasteiger partial charge in [0.2, 0.25) is 3.79 Å². The predicted molar refractivity (Wildman–Crippen MR) is 333 cm³/mol. The van der Waals surface area contributed by atoms with Gasteiger partial charge in [-0.05, 0) is 47.9 Å². The van der Waals surface area contributed by atoms with E-state index in [9.17, 15) is 29.1 Å². The fourth-order valence-corrected chi connectivity index (χ4v) is 12.1. The molecule has 498 valence electrons. The number of alkyl carbamates (subject to hydrolysis) is 1. The van der Waals surface area contributed by atoms with E-state index in [4.69, 9.17) is 96.4 Å². The summed E-state index contributed by atoms with van der Waals surface area (Å²) >= 11 is 18.0. The van der Waals surface area contributed by atoms with Crippen LogP contribution in [0.1, 0.15) is 95.4 Å². The minimum absolute atomic E-state index is 0.0174. The van der Waals surface area contributed by atoms with Crippen LogP contribution in [-0.2, 0) is 102 Å². The van der Waals surface area contributed by atoms with Crippen molar-refractivity contribution in [1.82, 2.24) is 10.2 Å². The number of benzene rings is 4. The summed E-state index contributed by atoms with van der Waals surface area (Å²) in [4.78, 5) is 68.4. The second-order valence-electron chi connectivity index (χ2n) is 23.6. The lowest BCUT2D eigenvalue weighted by molar-refractivity contribution is -0.352. The van der Waals surface area contributed by atoms with E-state index >= 15 is 0 Å². The highest BCUT2D eigenvalue weighted by Crippen LogP contribution is 2.46.